The molecule has 3 heterocycles. The molecule has 1 saturated heterocycles. The number of guanidine groups is 1. The van der Waals surface area contributed by atoms with Crippen molar-refractivity contribution in [3.63, 3.8) is 0 Å². The first-order valence-corrected chi connectivity index (χ1v) is 10.3. The van der Waals surface area contributed by atoms with Crippen LogP contribution in [0.2, 0.25) is 0 Å². The maximum absolute atomic E-state index is 11.4. The molecule has 0 spiro atoms. The molecule has 0 radical (unpaired) electrons. The van der Waals surface area contributed by atoms with E-state index in [9.17, 15) is 8.42 Å². The van der Waals surface area contributed by atoms with Crippen LogP contribution < -0.4 is 10.5 Å². The number of hydrogen-bond acceptors (Lipinski definition) is 5. The van der Waals surface area contributed by atoms with E-state index in [2.05, 4.69) is 26.5 Å². The number of halogens is 1. The van der Waals surface area contributed by atoms with Crippen molar-refractivity contribution in [1.82, 2.24) is 20.0 Å². The standard InChI is InChI=1S/C15H22N6O2S2.HI/c1-17-15(18-8-13-3-4-14(24-13)25(16,22)23)21-6-5-11(10-21)12-7-19-20(2)9-12;/h3-4,7,9,11H,5-6,8,10H2,1-2H3,(H,17,18)(H2,16,22,23);1H. The molecule has 2 aromatic heterocycles. The van der Waals surface area contributed by atoms with Crippen LogP contribution in [0.15, 0.2) is 33.7 Å². The van der Waals surface area contributed by atoms with Crippen LogP contribution in [-0.2, 0) is 23.6 Å². The second kappa shape index (κ2) is 8.67. The fourth-order valence-corrected chi connectivity index (χ4v) is 4.70. The number of aromatic nitrogens is 2. The lowest BCUT2D eigenvalue weighted by molar-refractivity contribution is 0.486. The fourth-order valence-electron chi connectivity index (χ4n) is 2.98. The highest BCUT2D eigenvalue weighted by molar-refractivity contribution is 14.0. The van der Waals surface area contributed by atoms with Gasteiger partial charge in [0.2, 0.25) is 10.0 Å². The van der Waals surface area contributed by atoms with Crippen LogP contribution in [0.4, 0.5) is 0 Å². The number of primary sulfonamides is 1. The highest BCUT2D eigenvalue weighted by atomic mass is 127. The Hall–Kier alpha value is -1.18. The Morgan fingerprint density at radius 1 is 1.50 bits per heavy atom. The summed E-state index contributed by atoms with van der Waals surface area (Å²) in [5.74, 6) is 1.26. The van der Waals surface area contributed by atoms with E-state index in [1.54, 1.807) is 13.1 Å². The molecule has 2 aromatic rings. The van der Waals surface area contributed by atoms with Gasteiger partial charge in [0.25, 0.3) is 0 Å². The number of rotatable bonds is 4. The third-order valence-electron chi connectivity index (χ3n) is 4.23. The van der Waals surface area contributed by atoms with E-state index < -0.39 is 10.0 Å². The van der Waals surface area contributed by atoms with E-state index in [1.807, 2.05) is 17.9 Å². The second-order valence-electron chi connectivity index (χ2n) is 6.05. The van der Waals surface area contributed by atoms with Crippen LogP contribution in [-0.4, -0.2) is 49.2 Å². The molecule has 0 amide bonds. The van der Waals surface area contributed by atoms with E-state index >= 15 is 0 Å². The largest absolute Gasteiger partial charge is 0.351 e. The molecule has 1 unspecified atom stereocenters. The third-order valence-corrected chi connectivity index (χ3v) is 6.76. The summed E-state index contributed by atoms with van der Waals surface area (Å²) in [7, 11) is 0.0425. The number of nitrogens with two attached hydrogens (primary N) is 1. The molecular formula is C15H23IN6O2S2. The van der Waals surface area contributed by atoms with E-state index in [-0.39, 0.29) is 28.2 Å². The molecule has 11 heteroatoms. The zero-order chi connectivity index (χ0) is 18.0. The van der Waals surface area contributed by atoms with Crippen molar-refractivity contribution in [2.45, 2.75) is 23.1 Å². The van der Waals surface area contributed by atoms with Gasteiger partial charge in [-0.05, 0) is 24.1 Å². The molecule has 1 aliphatic rings. The molecule has 26 heavy (non-hydrogen) atoms. The number of aliphatic imine (C=N–C) groups is 1. The Balaban J connectivity index is 0.00000243. The van der Waals surface area contributed by atoms with Crippen molar-refractivity contribution in [3.8, 4) is 0 Å². The number of thiophene rings is 1. The predicted molar refractivity (Wildman–Crippen MR) is 113 cm³/mol. The minimum atomic E-state index is -3.64. The molecule has 3 rings (SSSR count). The first kappa shape index (κ1) is 21.1. The van der Waals surface area contributed by atoms with Crippen LogP contribution in [0.1, 0.15) is 22.8 Å². The molecular weight excluding hydrogens is 487 g/mol. The lowest BCUT2D eigenvalue weighted by atomic mass is 10.0. The smallest absolute Gasteiger partial charge is 0.247 e. The summed E-state index contributed by atoms with van der Waals surface area (Å²) in [5, 5.41) is 12.7. The molecule has 0 aliphatic carbocycles. The van der Waals surface area contributed by atoms with Gasteiger partial charge in [-0.3, -0.25) is 9.67 Å². The van der Waals surface area contributed by atoms with Crippen LogP contribution in [0.3, 0.4) is 0 Å². The number of nitrogens with one attached hydrogen (secondary N) is 1. The van der Waals surface area contributed by atoms with Gasteiger partial charge in [-0.25, -0.2) is 13.6 Å². The zero-order valence-corrected chi connectivity index (χ0v) is 18.6. The van der Waals surface area contributed by atoms with Crippen molar-refractivity contribution in [3.05, 3.63) is 35.0 Å². The minimum Gasteiger partial charge on any atom is -0.351 e. The monoisotopic (exact) mass is 510 g/mol. The van der Waals surface area contributed by atoms with E-state index in [0.29, 0.717) is 12.5 Å². The average molecular weight is 510 g/mol. The van der Waals surface area contributed by atoms with Crippen molar-refractivity contribution < 1.29 is 8.42 Å². The van der Waals surface area contributed by atoms with Gasteiger partial charge in [0.15, 0.2) is 5.96 Å². The summed E-state index contributed by atoms with van der Waals surface area (Å²) >= 11 is 1.18. The highest BCUT2D eigenvalue weighted by Gasteiger charge is 2.26. The SMILES string of the molecule is CN=C(NCc1ccc(S(N)(=O)=O)s1)N1CCC(c2cnn(C)c2)C1.I. The van der Waals surface area contributed by atoms with Gasteiger partial charge >= 0.3 is 0 Å². The topological polar surface area (TPSA) is 106 Å². The molecule has 0 bridgehead atoms. The van der Waals surface area contributed by atoms with E-state index in [4.69, 9.17) is 5.14 Å². The summed E-state index contributed by atoms with van der Waals surface area (Å²) in [6.07, 6.45) is 5.04. The summed E-state index contributed by atoms with van der Waals surface area (Å²) < 4.78 is 24.7. The van der Waals surface area contributed by atoms with Gasteiger partial charge in [-0.15, -0.1) is 35.3 Å². The lowest BCUT2D eigenvalue weighted by Crippen LogP contribution is -2.39. The number of likely N-dealkylation sites (tertiary alicyclic amines) is 1. The van der Waals surface area contributed by atoms with Crippen molar-refractivity contribution in [2.24, 2.45) is 17.2 Å². The second-order valence-corrected chi connectivity index (χ2v) is 9.00. The minimum absolute atomic E-state index is 0. The molecule has 1 atom stereocenters. The zero-order valence-electron chi connectivity index (χ0n) is 14.6. The molecule has 3 N–H and O–H groups in total. The summed E-state index contributed by atoms with van der Waals surface area (Å²) in [5.41, 5.74) is 1.25. The molecule has 0 saturated carbocycles. The number of sulfonamides is 1. The first-order valence-electron chi connectivity index (χ1n) is 7.92. The average Bonchev–Trinajstić information content (AvgIpc) is 3.26. The summed E-state index contributed by atoms with van der Waals surface area (Å²) in [6, 6.07) is 3.31. The van der Waals surface area contributed by atoms with Gasteiger partial charge in [0, 0.05) is 44.2 Å². The number of hydrogen-bond donors (Lipinski definition) is 2. The fraction of sp³-hybridized carbons (Fsp3) is 0.467. The predicted octanol–water partition coefficient (Wildman–Crippen LogP) is 1.31. The maximum atomic E-state index is 11.4. The van der Waals surface area contributed by atoms with Gasteiger partial charge in [0.05, 0.1) is 12.7 Å². The lowest BCUT2D eigenvalue weighted by Gasteiger charge is -2.21. The highest BCUT2D eigenvalue weighted by Crippen LogP contribution is 2.27. The van der Waals surface area contributed by atoms with Gasteiger partial charge < -0.3 is 10.2 Å². The van der Waals surface area contributed by atoms with E-state index in [1.165, 1.54) is 23.0 Å². The maximum Gasteiger partial charge on any atom is 0.247 e. The third kappa shape index (κ3) is 4.96. The van der Waals surface area contributed by atoms with Crippen LogP contribution in [0.25, 0.3) is 0 Å². The molecule has 8 nitrogen and oxygen atoms in total. The van der Waals surface area contributed by atoms with Crippen molar-refractivity contribution >= 4 is 51.3 Å². The summed E-state index contributed by atoms with van der Waals surface area (Å²) in [6.45, 7) is 2.32. The van der Waals surface area contributed by atoms with Crippen molar-refractivity contribution in [2.75, 3.05) is 20.1 Å². The van der Waals surface area contributed by atoms with Crippen LogP contribution in [0, 0.1) is 0 Å². The Labute approximate surface area is 174 Å². The van der Waals surface area contributed by atoms with Gasteiger partial charge in [-0.1, -0.05) is 0 Å². The van der Waals surface area contributed by atoms with Gasteiger partial charge in [-0.2, -0.15) is 5.10 Å². The van der Waals surface area contributed by atoms with Crippen molar-refractivity contribution in [1.29, 1.82) is 0 Å². The van der Waals surface area contributed by atoms with Crippen LogP contribution in [0.5, 0.6) is 0 Å². The Morgan fingerprint density at radius 2 is 2.27 bits per heavy atom. The van der Waals surface area contributed by atoms with E-state index in [0.717, 1.165) is 30.3 Å². The molecule has 144 valence electrons. The molecule has 0 aromatic carbocycles. The Kier molecular flexibility index (Phi) is 7.05. The molecule has 1 aliphatic heterocycles. The number of nitrogens with zero attached hydrogens (tertiary/aromatic N) is 4. The Bertz CT molecular complexity index is 876. The summed E-state index contributed by atoms with van der Waals surface area (Å²) in [4.78, 5) is 7.46. The number of aryl methyl sites for hydroxylation is 1. The van der Waals surface area contributed by atoms with Crippen LogP contribution >= 0.6 is 35.3 Å². The van der Waals surface area contributed by atoms with Gasteiger partial charge in [0.1, 0.15) is 4.21 Å². The normalized spacial score (nSPS) is 18.0. The first-order chi connectivity index (χ1) is 11.9. The quantitative estimate of drug-likeness (QED) is 0.367. The molecule has 1 fully saturated rings. The Morgan fingerprint density at radius 3 is 2.85 bits per heavy atom.